The van der Waals surface area contributed by atoms with Crippen molar-refractivity contribution < 1.29 is 58.7 Å². The van der Waals surface area contributed by atoms with Crippen molar-refractivity contribution in [2.75, 3.05) is 0 Å². The van der Waals surface area contributed by atoms with E-state index in [0.717, 1.165) is 0 Å². The van der Waals surface area contributed by atoms with Crippen LogP contribution in [0, 0.1) is 0 Å². The summed E-state index contributed by atoms with van der Waals surface area (Å²) in [7, 11) is 0. The summed E-state index contributed by atoms with van der Waals surface area (Å²) in [6.45, 7) is 0.538. The second-order valence-corrected chi connectivity index (χ2v) is 6.25. The number of carbonyl (C=O) groups excluding carboxylic acids is 2. The highest BCUT2D eigenvalue weighted by atomic mass is 16.5. The molecule has 12 nitrogen and oxygen atoms in total. The van der Waals surface area contributed by atoms with Gasteiger partial charge in [0.1, 0.15) is 11.5 Å². The van der Waals surface area contributed by atoms with Crippen LogP contribution >= 0.6 is 0 Å². The Morgan fingerprint density at radius 2 is 1.00 bits per heavy atom. The van der Waals surface area contributed by atoms with Gasteiger partial charge in [-0.2, -0.15) is 0 Å². The molecule has 0 radical (unpaired) electrons. The van der Waals surface area contributed by atoms with Gasteiger partial charge in [0, 0.05) is 0 Å². The zero-order valence-corrected chi connectivity index (χ0v) is 18.1. The Labute approximate surface area is 202 Å². The summed E-state index contributed by atoms with van der Waals surface area (Å²) < 4.78 is 8.92. The molecule has 0 spiro atoms. The molecule has 0 bridgehead atoms. The van der Waals surface area contributed by atoms with Gasteiger partial charge in [-0.15, -0.1) is 0 Å². The zero-order chi connectivity index (χ0) is 27.1. The zero-order valence-electron chi connectivity index (χ0n) is 18.1. The SMILES string of the molecule is O=C(O)c1ccccc1C(=O)O.O=COc1ccc(C(=O)O)cc1.O=COc1cccc(C(=O)O)c1. The van der Waals surface area contributed by atoms with Crippen LogP contribution in [0.1, 0.15) is 41.4 Å². The summed E-state index contributed by atoms with van der Waals surface area (Å²) in [6, 6.07) is 16.7. The standard InChI is InChI=1S/3C8H6O4/c9-5-12-7-3-1-6(2-4-7)8(10)11;9-5-12-7-3-1-2-6(4-7)8(10)11;9-7(10)5-3-1-2-4-6(5)8(11)12/h2*1-5H,(H,10,11);1-4H,(H,9,10)(H,11,12). The van der Waals surface area contributed by atoms with E-state index in [0.29, 0.717) is 5.75 Å². The van der Waals surface area contributed by atoms with E-state index in [9.17, 15) is 28.8 Å². The van der Waals surface area contributed by atoms with Crippen LogP contribution in [0.25, 0.3) is 0 Å². The van der Waals surface area contributed by atoms with Crippen LogP contribution in [0.3, 0.4) is 0 Å². The molecule has 12 heteroatoms. The van der Waals surface area contributed by atoms with E-state index in [1.807, 2.05) is 0 Å². The number of carbonyl (C=O) groups is 6. The molecule has 3 rings (SSSR count). The molecule has 0 unspecified atom stereocenters. The first-order chi connectivity index (χ1) is 17.1. The predicted molar refractivity (Wildman–Crippen MR) is 121 cm³/mol. The van der Waals surface area contributed by atoms with Crippen LogP contribution in [-0.2, 0) is 9.59 Å². The lowest BCUT2D eigenvalue weighted by atomic mass is 10.1. The Morgan fingerprint density at radius 1 is 0.528 bits per heavy atom. The van der Waals surface area contributed by atoms with E-state index in [1.54, 1.807) is 0 Å². The minimum Gasteiger partial charge on any atom is -0.478 e. The molecule has 0 aliphatic rings. The summed E-state index contributed by atoms with van der Waals surface area (Å²) in [4.78, 5) is 61.4. The molecule has 0 aliphatic heterocycles. The number of rotatable bonds is 8. The highest BCUT2D eigenvalue weighted by Gasteiger charge is 2.13. The van der Waals surface area contributed by atoms with Crippen LogP contribution in [-0.4, -0.2) is 57.2 Å². The molecule has 36 heavy (non-hydrogen) atoms. The van der Waals surface area contributed by atoms with Crippen LogP contribution < -0.4 is 9.47 Å². The number of benzene rings is 3. The molecule has 0 fully saturated rings. The summed E-state index contributed by atoms with van der Waals surface area (Å²) in [5.41, 5.74) is -0.127. The minimum absolute atomic E-state index is 0.0920. The Bertz CT molecular complexity index is 1200. The highest BCUT2D eigenvalue weighted by molar-refractivity contribution is 6.01. The molecule has 0 saturated heterocycles. The first-order valence-corrected chi connectivity index (χ1v) is 9.53. The van der Waals surface area contributed by atoms with Gasteiger partial charge in [-0.3, -0.25) is 9.59 Å². The van der Waals surface area contributed by atoms with Gasteiger partial charge in [0.2, 0.25) is 0 Å². The van der Waals surface area contributed by atoms with Crippen molar-refractivity contribution in [3.05, 3.63) is 95.1 Å². The summed E-state index contributed by atoms with van der Waals surface area (Å²) in [5.74, 6) is -3.96. The largest absolute Gasteiger partial charge is 0.478 e. The van der Waals surface area contributed by atoms with E-state index in [-0.39, 0.29) is 40.9 Å². The number of hydrogen-bond donors (Lipinski definition) is 4. The number of carboxylic acid groups (broad SMARTS) is 4. The first-order valence-electron chi connectivity index (χ1n) is 9.53. The lowest BCUT2D eigenvalue weighted by Gasteiger charge is -1.98. The van der Waals surface area contributed by atoms with Crippen LogP contribution in [0.15, 0.2) is 72.8 Å². The average Bonchev–Trinajstić information content (AvgIpc) is 2.85. The Kier molecular flexibility index (Phi) is 11.6. The van der Waals surface area contributed by atoms with E-state index in [1.165, 1.54) is 72.8 Å². The minimum atomic E-state index is -1.23. The highest BCUT2D eigenvalue weighted by Crippen LogP contribution is 2.12. The third kappa shape index (κ3) is 9.54. The maximum absolute atomic E-state index is 10.5. The predicted octanol–water partition coefficient (Wildman–Crippen LogP) is 2.92. The lowest BCUT2D eigenvalue weighted by Crippen LogP contribution is -2.06. The molecular formula is C24H18O12. The van der Waals surface area contributed by atoms with Gasteiger partial charge in [-0.25, -0.2) is 19.2 Å². The quantitative estimate of drug-likeness (QED) is 0.331. The van der Waals surface area contributed by atoms with Gasteiger partial charge in [-0.05, 0) is 54.6 Å². The molecule has 0 heterocycles. The maximum atomic E-state index is 10.5. The van der Waals surface area contributed by atoms with Crippen molar-refractivity contribution in [1.29, 1.82) is 0 Å². The summed E-state index contributed by atoms with van der Waals surface area (Å²) >= 11 is 0. The molecule has 3 aromatic carbocycles. The Balaban J connectivity index is 0.000000270. The van der Waals surface area contributed by atoms with E-state index >= 15 is 0 Å². The average molecular weight is 498 g/mol. The number of aromatic carboxylic acids is 4. The van der Waals surface area contributed by atoms with Crippen LogP contribution in [0.5, 0.6) is 11.5 Å². The maximum Gasteiger partial charge on any atom is 0.336 e. The van der Waals surface area contributed by atoms with Gasteiger partial charge in [0.25, 0.3) is 12.9 Å². The van der Waals surface area contributed by atoms with Crippen molar-refractivity contribution >= 4 is 36.8 Å². The fourth-order valence-electron chi connectivity index (χ4n) is 2.35. The monoisotopic (exact) mass is 498 g/mol. The molecule has 0 amide bonds. The summed E-state index contributed by atoms with van der Waals surface area (Å²) in [5, 5.41) is 34.1. The second kappa shape index (κ2) is 14.6. The third-order valence-electron chi connectivity index (χ3n) is 3.94. The van der Waals surface area contributed by atoms with E-state index < -0.39 is 23.9 Å². The molecule has 3 aromatic rings. The molecule has 186 valence electrons. The fraction of sp³-hybridized carbons (Fsp3) is 0. The van der Waals surface area contributed by atoms with Gasteiger partial charge in [0.05, 0.1) is 22.3 Å². The molecule has 0 aliphatic carbocycles. The Morgan fingerprint density at radius 3 is 1.42 bits per heavy atom. The lowest BCUT2D eigenvalue weighted by molar-refractivity contribution is -0.121. The summed E-state index contributed by atoms with van der Waals surface area (Å²) in [6.07, 6.45) is 0. The molecule has 0 atom stereocenters. The molecule has 4 N–H and O–H groups in total. The number of carboxylic acids is 4. The van der Waals surface area contributed by atoms with Crippen molar-refractivity contribution in [1.82, 2.24) is 0 Å². The first kappa shape index (κ1) is 28.5. The molecule has 0 saturated carbocycles. The smallest absolute Gasteiger partial charge is 0.336 e. The van der Waals surface area contributed by atoms with Crippen molar-refractivity contribution in [2.24, 2.45) is 0 Å². The third-order valence-corrected chi connectivity index (χ3v) is 3.94. The normalized spacial score (nSPS) is 9.11. The van der Waals surface area contributed by atoms with Crippen LogP contribution in [0.2, 0.25) is 0 Å². The van der Waals surface area contributed by atoms with E-state index in [2.05, 4.69) is 9.47 Å². The van der Waals surface area contributed by atoms with Gasteiger partial charge in [-0.1, -0.05) is 18.2 Å². The fourth-order valence-corrected chi connectivity index (χ4v) is 2.35. The number of hydrogen-bond acceptors (Lipinski definition) is 8. The van der Waals surface area contributed by atoms with Crippen molar-refractivity contribution in [3.63, 3.8) is 0 Å². The molecular weight excluding hydrogens is 480 g/mol. The number of ether oxygens (including phenoxy) is 2. The topological polar surface area (TPSA) is 202 Å². The van der Waals surface area contributed by atoms with Gasteiger partial charge < -0.3 is 29.9 Å². The van der Waals surface area contributed by atoms with E-state index in [4.69, 9.17) is 20.4 Å². The van der Waals surface area contributed by atoms with Crippen molar-refractivity contribution in [2.45, 2.75) is 0 Å². The molecule has 0 aromatic heterocycles. The van der Waals surface area contributed by atoms with Crippen molar-refractivity contribution in [3.8, 4) is 11.5 Å². The second-order valence-electron chi connectivity index (χ2n) is 6.25. The van der Waals surface area contributed by atoms with Gasteiger partial charge >= 0.3 is 23.9 Å². The van der Waals surface area contributed by atoms with Gasteiger partial charge in [0.15, 0.2) is 0 Å². The Hall–Kier alpha value is -5.52. The van der Waals surface area contributed by atoms with Crippen LogP contribution in [0.4, 0.5) is 0 Å².